The summed E-state index contributed by atoms with van der Waals surface area (Å²) in [5.41, 5.74) is 1.34. The minimum Gasteiger partial charge on any atom is -0.497 e. The van der Waals surface area contributed by atoms with Crippen LogP contribution in [0.5, 0.6) is 5.75 Å². The van der Waals surface area contributed by atoms with Gasteiger partial charge in [0.25, 0.3) is 0 Å². The molecular weight excluding hydrogens is 465 g/mol. The van der Waals surface area contributed by atoms with Crippen molar-refractivity contribution in [2.45, 2.75) is 31.7 Å². The standard InChI is InChI=1S/C24H23Cl2N3O4/c1-32-17-7-5-16(6-8-17)28-24(31)20-3-2-12-29(20)23(30)11-10-22-27-14-21(33-22)18-9-4-15(25)13-19(18)26/h4-9,13-14,20H,2-3,10-12H2,1H3,(H,28,31). The van der Waals surface area contributed by atoms with Crippen molar-refractivity contribution in [1.82, 2.24) is 9.88 Å². The van der Waals surface area contributed by atoms with Crippen LogP contribution in [-0.4, -0.2) is 41.4 Å². The van der Waals surface area contributed by atoms with E-state index in [0.717, 1.165) is 6.42 Å². The summed E-state index contributed by atoms with van der Waals surface area (Å²) in [6.07, 6.45) is 3.51. The second-order valence-corrected chi connectivity index (χ2v) is 8.55. The molecule has 3 aromatic rings. The molecular formula is C24H23Cl2N3O4. The van der Waals surface area contributed by atoms with Crippen LogP contribution >= 0.6 is 23.2 Å². The Morgan fingerprint density at radius 1 is 1.21 bits per heavy atom. The summed E-state index contributed by atoms with van der Waals surface area (Å²) in [7, 11) is 1.58. The van der Waals surface area contributed by atoms with Gasteiger partial charge >= 0.3 is 0 Å². The molecule has 0 saturated carbocycles. The Morgan fingerprint density at radius 2 is 2.00 bits per heavy atom. The molecule has 7 nitrogen and oxygen atoms in total. The number of hydrogen-bond donors (Lipinski definition) is 1. The normalized spacial score (nSPS) is 15.5. The highest BCUT2D eigenvalue weighted by atomic mass is 35.5. The van der Waals surface area contributed by atoms with Crippen molar-refractivity contribution in [1.29, 1.82) is 0 Å². The lowest BCUT2D eigenvalue weighted by atomic mass is 10.2. The second kappa shape index (κ2) is 10.3. The topological polar surface area (TPSA) is 84.7 Å². The molecule has 1 unspecified atom stereocenters. The summed E-state index contributed by atoms with van der Waals surface area (Å²) >= 11 is 12.2. The second-order valence-electron chi connectivity index (χ2n) is 7.71. The molecule has 1 aromatic heterocycles. The average Bonchev–Trinajstić information content (AvgIpc) is 3.48. The zero-order chi connectivity index (χ0) is 23.4. The van der Waals surface area contributed by atoms with Crippen LogP contribution in [0.2, 0.25) is 10.0 Å². The Hall–Kier alpha value is -3.03. The number of ether oxygens (including phenoxy) is 1. The highest BCUT2D eigenvalue weighted by Gasteiger charge is 2.34. The van der Waals surface area contributed by atoms with Crippen LogP contribution < -0.4 is 10.1 Å². The molecule has 4 rings (SSSR count). The van der Waals surface area contributed by atoms with Gasteiger partial charge in [0.15, 0.2) is 11.7 Å². The van der Waals surface area contributed by atoms with E-state index in [-0.39, 0.29) is 18.2 Å². The monoisotopic (exact) mass is 487 g/mol. The smallest absolute Gasteiger partial charge is 0.247 e. The third kappa shape index (κ3) is 5.49. The van der Waals surface area contributed by atoms with Gasteiger partial charge in [0.2, 0.25) is 11.8 Å². The molecule has 1 fully saturated rings. The Balaban J connectivity index is 1.35. The number of nitrogens with one attached hydrogen (secondary N) is 1. The number of anilines is 1. The largest absolute Gasteiger partial charge is 0.497 e. The molecule has 2 heterocycles. The van der Waals surface area contributed by atoms with Gasteiger partial charge in [0.1, 0.15) is 11.8 Å². The van der Waals surface area contributed by atoms with Crippen molar-refractivity contribution in [3.05, 3.63) is 64.6 Å². The van der Waals surface area contributed by atoms with Crippen LogP contribution in [0.25, 0.3) is 11.3 Å². The summed E-state index contributed by atoms with van der Waals surface area (Å²) in [4.78, 5) is 31.5. The van der Waals surface area contributed by atoms with E-state index in [9.17, 15) is 9.59 Å². The van der Waals surface area contributed by atoms with Gasteiger partial charge in [-0.3, -0.25) is 9.59 Å². The van der Waals surface area contributed by atoms with Gasteiger partial charge in [-0.25, -0.2) is 4.98 Å². The maximum Gasteiger partial charge on any atom is 0.247 e. The number of aromatic nitrogens is 1. The van der Waals surface area contributed by atoms with Crippen LogP contribution in [0.15, 0.2) is 53.1 Å². The number of carbonyl (C=O) groups excluding carboxylic acids is 2. The Kier molecular flexibility index (Phi) is 7.20. The van der Waals surface area contributed by atoms with Gasteiger partial charge in [-0.05, 0) is 55.3 Å². The molecule has 0 radical (unpaired) electrons. The Bertz CT molecular complexity index is 1150. The lowest BCUT2D eigenvalue weighted by Crippen LogP contribution is -2.43. The van der Waals surface area contributed by atoms with Crippen LogP contribution in [0.4, 0.5) is 5.69 Å². The molecule has 1 aliphatic heterocycles. The van der Waals surface area contributed by atoms with Crippen molar-refractivity contribution < 1.29 is 18.7 Å². The molecule has 1 saturated heterocycles. The third-order valence-corrected chi connectivity index (χ3v) is 6.08. The van der Waals surface area contributed by atoms with E-state index in [4.69, 9.17) is 32.4 Å². The van der Waals surface area contributed by atoms with Gasteiger partial charge in [-0.2, -0.15) is 0 Å². The first kappa shape index (κ1) is 23.1. The summed E-state index contributed by atoms with van der Waals surface area (Å²) in [5.74, 6) is 1.35. The van der Waals surface area contributed by atoms with Crippen LogP contribution in [0.3, 0.4) is 0 Å². The Morgan fingerprint density at radius 3 is 2.73 bits per heavy atom. The molecule has 1 aliphatic rings. The zero-order valence-corrected chi connectivity index (χ0v) is 19.5. The van der Waals surface area contributed by atoms with Crippen LogP contribution in [0, 0.1) is 0 Å². The van der Waals surface area contributed by atoms with Crippen molar-refractivity contribution in [2.75, 3.05) is 19.0 Å². The molecule has 1 N–H and O–H groups in total. The maximum atomic E-state index is 12.9. The summed E-state index contributed by atoms with van der Waals surface area (Å²) < 4.78 is 10.9. The summed E-state index contributed by atoms with van der Waals surface area (Å²) in [6, 6.07) is 11.7. The summed E-state index contributed by atoms with van der Waals surface area (Å²) in [5, 5.41) is 3.88. The summed E-state index contributed by atoms with van der Waals surface area (Å²) in [6.45, 7) is 0.552. The molecule has 172 valence electrons. The fourth-order valence-corrected chi connectivity index (χ4v) is 4.34. The minimum absolute atomic E-state index is 0.105. The quantitative estimate of drug-likeness (QED) is 0.493. The molecule has 0 aliphatic carbocycles. The highest BCUT2D eigenvalue weighted by Crippen LogP contribution is 2.31. The number of halogens is 2. The fourth-order valence-electron chi connectivity index (χ4n) is 3.83. The van der Waals surface area contributed by atoms with E-state index < -0.39 is 6.04 Å². The van der Waals surface area contributed by atoms with Crippen LogP contribution in [-0.2, 0) is 16.0 Å². The lowest BCUT2D eigenvalue weighted by molar-refractivity contribution is -0.136. The van der Waals surface area contributed by atoms with Gasteiger partial charge in [-0.15, -0.1) is 0 Å². The van der Waals surface area contributed by atoms with Gasteiger partial charge in [0.05, 0.1) is 18.3 Å². The number of nitrogens with zero attached hydrogens (tertiary/aromatic N) is 2. The number of methoxy groups -OCH3 is 1. The van der Waals surface area contributed by atoms with E-state index in [1.54, 1.807) is 60.7 Å². The molecule has 0 bridgehead atoms. The molecule has 9 heteroatoms. The number of benzene rings is 2. The number of rotatable bonds is 7. The van der Waals surface area contributed by atoms with Gasteiger partial charge in [-0.1, -0.05) is 23.2 Å². The number of carbonyl (C=O) groups is 2. The van der Waals surface area contributed by atoms with E-state index in [1.807, 2.05) is 0 Å². The number of aryl methyl sites for hydroxylation is 1. The molecule has 33 heavy (non-hydrogen) atoms. The maximum absolute atomic E-state index is 12.9. The van der Waals surface area contributed by atoms with E-state index in [0.29, 0.717) is 58.1 Å². The van der Waals surface area contributed by atoms with Crippen molar-refractivity contribution in [3.8, 4) is 17.1 Å². The van der Waals surface area contributed by atoms with Crippen LogP contribution in [0.1, 0.15) is 25.2 Å². The molecule has 2 aromatic carbocycles. The van der Waals surface area contributed by atoms with Gasteiger partial charge in [0, 0.05) is 35.7 Å². The highest BCUT2D eigenvalue weighted by molar-refractivity contribution is 6.36. The predicted octanol–water partition coefficient (Wildman–Crippen LogP) is 5.22. The molecule has 2 amide bonds. The fraction of sp³-hybridized carbons (Fsp3) is 0.292. The van der Waals surface area contributed by atoms with Crippen molar-refractivity contribution >= 4 is 40.7 Å². The van der Waals surface area contributed by atoms with Crippen molar-refractivity contribution in [3.63, 3.8) is 0 Å². The number of hydrogen-bond acceptors (Lipinski definition) is 5. The number of oxazole rings is 1. The van der Waals surface area contributed by atoms with E-state index in [2.05, 4.69) is 10.3 Å². The Labute approximate surface area is 201 Å². The average molecular weight is 488 g/mol. The minimum atomic E-state index is -0.493. The lowest BCUT2D eigenvalue weighted by Gasteiger charge is -2.24. The predicted molar refractivity (Wildman–Crippen MR) is 127 cm³/mol. The number of amides is 2. The van der Waals surface area contributed by atoms with Crippen molar-refractivity contribution in [2.24, 2.45) is 0 Å². The third-order valence-electron chi connectivity index (χ3n) is 5.54. The van der Waals surface area contributed by atoms with Gasteiger partial charge < -0.3 is 19.4 Å². The zero-order valence-electron chi connectivity index (χ0n) is 18.0. The first-order valence-corrected chi connectivity index (χ1v) is 11.3. The molecule has 1 atom stereocenters. The molecule has 0 spiro atoms. The first-order chi connectivity index (χ1) is 15.9. The van der Waals surface area contributed by atoms with E-state index >= 15 is 0 Å². The first-order valence-electron chi connectivity index (χ1n) is 10.6. The number of likely N-dealkylation sites (tertiary alicyclic amines) is 1. The SMILES string of the molecule is COc1ccc(NC(=O)C2CCCN2C(=O)CCc2ncc(-c3ccc(Cl)cc3Cl)o2)cc1. The van der Waals surface area contributed by atoms with E-state index in [1.165, 1.54) is 0 Å².